The van der Waals surface area contributed by atoms with Crippen molar-refractivity contribution >= 4 is 17.9 Å². The molecule has 3 amide bonds. The Hall–Kier alpha value is -3.93. The lowest BCUT2D eigenvalue weighted by atomic mass is 9.94. The first-order valence-electron chi connectivity index (χ1n) is 12.4. The highest BCUT2D eigenvalue weighted by atomic mass is 19.4. The SMILES string of the molecule is CCOC(=O)C1=C(CN2CCN(C(=O)c3ccc(C(F)(F)F)cc3)CC2)N(C)C(=O)N[C@@H]1c1cccc(F)c1. The van der Waals surface area contributed by atoms with Gasteiger partial charge in [-0.15, -0.1) is 0 Å². The second kappa shape index (κ2) is 11.4. The molecule has 2 aliphatic heterocycles. The van der Waals surface area contributed by atoms with Gasteiger partial charge in [0.1, 0.15) is 5.82 Å². The van der Waals surface area contributed by atoms with Crippen LogP contribution in [-0.2, 0) is 15.7 Å². The molecule has 2 heterocycles. The van der Waals surface area contributed by atoms with Crippen LogP contribution in [0.4, 0.5) is 22.4 Å². The molecule has 0 unspecified atom stereocenters. The van der Waals surface area contributed by atoms with Gasteiger partial charge in [0.05, 0.1) is 23.8 Å². The molecule has 0 aromatic heterocycles. The minimum absolute atomic E-state index is 0.105. The molecule has 4 rings (SSSR count). The molecule has 0 spiro atoms. The number of hydrogen-bond acceptors (Lipinski definition) is 5. The number of urea groups is 1. The fourth-order valence-electron chi connectivity index (χ4n) is 4.64. The van der Waals surface area contributed by atoms with Crippen molar-refractivity contribution in [1.29, 1.82) is 0 Å². The van der Waals surface area contributed by atoms with Gasteiger partial charge in [-0.05, 0) is 48.9 Å². The normalized spacial score (nSPS) is 18.7. The molecule has 1 saturated heterocycles. The van der Waals surface area contributed by atoms with Gasteiger partial charge >= 0.3 is 18.2 Å². The number of amides is 3. The van der Waals surface area contributed by atoms with Crippen LogP contribution >= 0.6 is 0 Å². The molecule has 0 aliphatic carbocycles. The third-order valence-electron chi connectivity index (χ3n) is 6.75. The molecule has 0 radical (unpaired) electrons. The van der Waals surface area contributed by atoms with Crippen molar-refractivity contribution in [1.82, 2.24) is 20.0 Å². The Balaban J connectivity index is 1.52. The molecule has 12 heteroatoms. The summed E-state index contributed by atoms with van der Waals surface area (Å²) in [5, 5.41) is 2.74. The van der Waals surface area contributed by atoms with Gasteiger partial charge in [-0.1, -0.05) is 12.1 Å². The lowest BCUT2D eigenvalue weighted by Gasteiger charge is -2.39. The number of likely N-dealkylation sites (N-methyl/N-ethyl adjacent to an activating group) is 1. The number of hydrogen-bond donors (Lipinski definition) is 1. The van der Waals surface area contributed by atoms with E-state index in [0.29, 0.717) is 37.4 Å². The highest BCUT2D eigenvalue weighted by Gasteiger charge is 2.38. The molecule has 1 fully saturated rings. The van der Waals surface area contributed by atoms with Crippen molar-refractivity contribution in [2.24, 2.45) is 0 Å². The number of ether oxygens (including phenoxy) is 1. The molecule has 208 valence electrons. The lowest BCUT2D eigenvalue weighted by Crippen LogP contribution is -2.53. The van der Waals surface area contributed by atoms with Crippen LogP contribution in [0.5, 0.6) is 0 Å². The van der Waals surface area contributed by atoms with Gasteiger partial charge in [0.15, 0.2) is 0 Å². The summed E-state index contributed by atoms with van der Waals surface area (Å²) in [6, 6.07) is 8.32. The van der Waals surface area contributed by atoms with E-state index in [2.05, 4.69) is 5.32 Å². The average Bonchev–Trinajstić information content (AvgIpc) is 2.91. The van der Waals surface area contributed by atoms with Gasteiger partial charge in [0, 0.05) is 51.0 Å². The number of carbonyl (C=O) groups excluding carboxylic acids is 3. The summed E-state index contributed by atoms with van der Waals surface area (Å²) in [6.45, 7) is 3.34. The zero-order valence-corrected chi connectivity index (χ0v) is 21.4. The van der Waals surface area contributed by atoms with Crippen molar-refractivity contribution in [3.05, 3.63) is 82.3 Å². The Morgan fingerprint density at radius 2 is 1.72 bits per heavy atom. The van der Waals surface area contributed by atoms with Crippen LogP contribution in [0.3, 0.4) is 0 Å². The number of rotatable bonds is 6. The zero-order valence-electron chi connectivity index (χ0n) is 21.4. The second-order valence-electron chi connectivity index (χ2n) is 9.22. The van der Waals surface area contributed by atoms with Gasteiger partial charge in [-0.25, -0.2) is 14.0 Å². The first-order chi connectivity index (χ1) is 18.5. The summed E-state index contributed by atoms with van der Waals surface area (Å²) in [4.78, 5) is 43.6. The highest BCUT2D eigenvalue weighted by molar-refractivity contribution is 5.95. The van der Waals surface area contributed by atoms with Gasteiger partial charge in [0.25, 0.3) is 5.91 Å². The van der Waals surface area contributed by atoms with Gasteiger partial charge in [-0.2, -0.15) is 13.2 Å². The molecule has 2 aliphatic rings. The zero-order chi connectivity index (χ0) is 28.3. The van der Waals surface area contributed by atoms with Crippen LogP contribution in [0.2, 0.25) is 0 Å². The fraction of sp³-hybridized carbons (Fsp3) is 0.370. The van der Waals surface area contributed by atoms with Crippen molar-refractivity contribution in [2.75, 3.05) is 46.4 Å². The minimum Gasteiger partial charge on any atom is -0.463 e. The van der Waals surface area contributed by atoms with Gasteiger partial charge in [0.2, 0.25) is 0 Å². The van der Waals surface area contributed by atoms with Crippen molar-refractivity contribution in [3.8, 4) is 0 Å². The Bertz CT molecular complexity index is 1270. The van der Waals surface area contributed by atoms with E-state index in [1.165, 1.54) is 30.1 Å². The van der Waals surface area contributed by atoms with E-state index in [1.54, 1.807) is 17.9 Å². The van der Waals surface area contributed by atoms with Crippen LogP contribution in [-0.4, -0.2) is 79.0 Å². The predicted molar refractivity (Wildman–Crippen MR) is 133 cm³/mol. The van der Waals surface area contributed by atoms with E-state index < -0.39 is 35.6 Å². The molecule has 1 atom stereocenters. The maximum Gasteiger partial charge on any atom is 0.416 e. The molecule has 39 heavy (non-hydrogen) atoms. The maximum absolute atomic E-state index is 14.0. The number of benzene rings is 2. The first kappa shape index (κ1) is 28.1. The highest BCUT2D eigenvalue weighted by Crippen LogP contribution is 2.32. The third-order valence-corrected chi connectivity index (χ3v) is 6.75. The van der Waals surface area contributed by atoms with Crippen LogP contribution in [0, 0.1) is 5.82 Å². The lowest BCUT2D eigenvalue weighted by molar-refractivity contribution is -0.139. The van der Waals surface area contributed by atoms with E-state index in [9.17, 15) is 31.9 Å². The monoisotopic (exact) mass is 548 g/mol. The molecule has 2 aromatic carbocycles. The summed E-state index contributed by atoms with van der Waals surface area (Å²) in [5.41, 5.74) is 0.308. The molecule has 0 bridgehead atoms. The largest absolute Gasteiger partial charge is 0.463 e. The summed E-state index contributed by atoms with van der Waals surface area (Å²) < 4.78 is 57.8. The summed E-state index contributed by atoms with van der Waals surface area (Å²) in [6.07, 6.45) is -4.48. The third kappa shape index (κ3) is 6.22. The molecular formula is C27H28F4N4O4. The van der Waals surface area contributed by atoms with Crippen molar-refractivity contribution in [2.45, 2.75) is 19.1 Å². The number of esters is 1. The standard InChI is InChI=1S/C27H28F4N4O4/c1-3-39-25(37)22-21(33(2)26(38)32-23(22)18-5-4-6-20(28)15-18)16-34-11-13-35(14-12-34)24(36)17-7-9-19(10-8-17)27(29,30)31/h4-10,15,23H,3,11-14,16H2,1-2H3,(H,32,38)/t23-/m1/s1. The van der Waals surface area contributed by atoms with Crippen LogP contribution < -0.4 is 5.32 Å². The molecule has 0 saturated carbocycles. The Morgan fingerprint density at radius 1 is 1.05 bits per heavy atom. The number of carbonyl (C=O) groups is 3. The predicted octanol–water partition coefficient (Wildman–Crippen LogP) is 3.82. The van der Waals surface area contributed by atoms with Crippen molar-refractivity contribution < 1.29 is 36.7 Å². The number of alkyl halides is 3. The fourth-order valence-corrected chi connectivity index (χ4v) is 4.64. The Labute approximate surface area is 222 Å². The van der Waals surface area contributed by atoms with E-state index in [1.807, 2.05) is 4.90 Å². The van der Waals surface area contributed by atoms with Gasteiger partial charge in [-0.3, -0.25) is 14.6 Å². The van der Waals surface area contributed by atoms with Crippen molar-refractivity contribution in [3.63, 3.8) is 0 Å². The van der Waals surface area contributed by atoms with Gasteiger partial charge < -0.3 is 15.0 Å². The summed E-state index contributed by atoms with van der Waals surface area (Å²) in [5.74, 6) is -1.53. The smallest absolute Gasteiger partial charge is 0.416 e. The summed E-state index contributed by atoms with van der Waals surface area (Å²) >= 11 is 0. The number of nitrogens with one attached hydrogen (secondary N) is 1. The second-order valence-corrected chi connectivity index (χ2v) is 9.22. The molecule has 8 nitrogen and oxygen atoms in total. The number of piperazine rings is 1. The van der Waals surface area contributed by atoms with Crippen LogP contribution in [0.25, 0.3) is 0 Å². The minimum atomic E-state index is -4.48. The quantitative estimate of drug-likeness (QED) is 0.439. The van der Waals surface area contributed by atoms with Crippen LogP contribution in [0.1, 0.15) is 34.5 Å². The Kier molecular flexibility index (Phi) is 8.24. The summed E-state index contributed by atoms with van der Waals surface area (Å²) in [7, 11) is 1.52. The first-order valence-corrected chi connectivity index (χ1v) is 12.4. The average molecular weight is 549 g/mol. The van der Waals surface area contributed by atoms with E-state index >= 15 is 0 Å². The van der Waals surface area contributed by atoms with E-state index in [-0.39, 0.29) is 30.2 Å². The van der Waals surface area contributed by atoms with Crippen LogP contribution in [0.15, 0.2) is 59.8 Å². The number of nitrogens with zero attached hydrogens (tertiary/aromatic N) is 3. The Morgan fingerprint density at radius 3 is 2.31 bits per heavy atom. The number of halogens is 4. The maximum atomic E-state index is 14.0. The topological polar surface area (TPSA) is 82.2 Å². The molecular weight excluding hydrogens is 520 g/mol. The van der Waals surface area contributed by atoms with E-state index in [4.69, 9.17) is 4.74 Å². The van der Waals surface area contributed by atoms with E-state index in [0.717, 1.165) is 24.3 Å². The molecule has 2 aromatic rings. The molecule has 1 N–H and O–H groups in total.